The molecule has 1 aliphatic carbocycles. The summed E-state index contributed by atoms with van der Waals surface area (Å²) >= 11 is 0. The Bertz CT molecular complexity index is 876. The molecule has 2 amide bonds. The fourth-order valence-electron chi connectivity index (χ4n) is 3.83. The van der Waals surface area contributed by atoms with E-state index in [-0.39, 0.29) is 11.8 Å². The minimum atomic E-state index is -0.514. The Morgan fingerprint density at radius 2 is 1.69 bits per heavy atom. The molecule has 2 aliphatic rings. The molecule has 1 heterocycles. The van der Waals surface area contributed by atoms with Crippen molar-refractivity contribution in [3.05, 3.63) is 54.1 Å². The van der Waals surface area contributed by atoms with Gasteiger partial charge >= 0.3 is 0 Å². The second-order valence-corrected chi connectivity index (χ2v) is 7.61. The van der Waals surface area contributed by atoms with Gasteiger partial charge < -0.3 is 20.1 Å². The molecule has 0 bridgehead atoms. The van der Waals surface area contributed by atoms with Crippen LogP contribution in [0.5, 0.6) is 11.5 Å². The van der Waals surface area contributed by atoms with Crippen LogP contribution in [0.15, 0.2) is 48.5 Å². The van der Waals surface area contributed by atoms with Crippen LogP contribution in [-0.2, 0) is 4.79 Å². The molecule has 1 saturated carbocycles. The SMILES string of the molecule is O=C(CCCNC(=O)c1ccccc1)Nc1ccc2c(c1)OC1(CCCCC1)O2. The van der Waals surface area contributed by atoms with Crippen LogP contribution in [0.1, 0.15) is 55.3 Å². The lowest BCUT2D eigenvalue weighted by Gasteiger charge is -2.31. The Labute approximate surface area is 170 Å². The van der Waals surface area contributed by atoms with Crippen molar-refractivity contribution in [1.82, 2.24) is 5.32 Å². The van der Waals surface area contributed by atoms with Gasteiger partial charge in [-0.05, 0) is 43.5 Å². The van der Waals surface area contributed by atoms with Crippen LogP contribution >= 0.6 is 0 Å². The lowest BCUT2D eigenvalue weighted by Crippen LogP contribution is -2.40. The molecule has 4 rings (SSSR count). The second-order valence-electron chi connectivity index (χ2n) is 7.61. The van der Waals surface area contributed by atoms with E-state index in [0.717, 1.165) is 31.4 Å². The minimum absolute atomic E-state index is 0.0924. The van der Waals surface area contributed by atoms with Gasteiger partial charge in [0.25, 0.3) is 11.7 Å². The number of hydrogen-bond acceptors (Lipinski definition) is 4. The van der Waals surface area contributed by atoms with E-state index in [2.05, 4.69) is 10.6 Å². The summed E-state index contributed by atoms with van der Waals surface area (Å²) in [6.45, 7) is 0.449. The molecule has 2 N–H and O–H groups in total. The lowest BCUT2D eigenvalue weighted by molar-refractivity contribution is -0.116. The van der Waals surface area contributed by atoms with Gasteiger partial charge in [-0.1, -0.05) is 24.6 Å². The van der Waals surface area contributed by atoms with Crippen molar-refractivity contribution in [3.8, 4) is 11.5 Å². The smallest absolute Gasteiger partial charge is 0.251 e. The normalized spacial score (nSPS) is 16.4. The molecule has 0 saturated heterocycles. The van der Waals surface area contributed by atoms with E-state index in [1.165, 1.54) is 6.42 Å². The lowest BCUT2D eigenvalue weighted by atomic mass is 9.94. The van der Waals surface area contributed by atoms with E-state index in [0.29, 0.717) is 36.4 Å². The van der Waals surface area contributed by atoms with E-state index in [1.807, 2.05) is 36.4 Å². The predicted octanol–water partition coefficient (Wildman–Crippen LogP) is 4.27. The van der Waals surface area contributed by atoms with Gasteiger partial charge in [0.15, 0.2) is 11.5 Å². The van der Waals surface area contributed by atoms with Gasteiger partial charge in [0, 0.05) is 43.1 Å². The van der Waals surface area contributed by atoms with E-state index in [1.54, 1.807) is 12.1 Å². The topological polar surface area (TPSA) is 76.7 Å². The molecule has 1 spiro atoms. The Kier molecular flexibility index (Phi) is 5.69. The first-order chi connectivity index (χ1) is 14.1. The van der Waals surface area contributed by atoms with Gasteiger partial charge in [0.05, 0.1) is 0 Å². The Balaban J connectivity index is 1.23. The number of ether oxygens (including phenoxy) is 2. The highest BCUT2D eigenvalue weighted by atomic mass is 16.7. The van der Waals surface area contributed by atoms with Crippen LogP contribution in [0.4, 0.5) is 5.69 Å². The van der Waals surface area contributed by atoms with Gasteiger partial charge in [0.2, 0.25) is 5.91 Å². The van der Waals surface area contributed by atoms with Gasteiger partial charge in [-0.15, -0.1) is 0 Å². The molecule has 6 nitrogen and oxygen atoms in total. The molecule has 0 radical (unpaired) electrons. The average molecular weight is 394 g/mol. The number of amides is 2. The van der Waals surface area contributed by atoms with Gasteiger partial charge in [-0.3, -0.25) is 9.59 Å². The number of carbonyl (C=O) groups is 2. The maximum atomic E-state index is 12.2. The van der Waals surface area contributed by atoms with Crippen LogP contribution < -0.4 is 20.1 Å². The highest BCUT2D eigenvalue weighted by Crippen LogP contribution is 2.46. The van der Waals surface area contributed by atoms with Crippen molar-refractivity contribution in [2.24, 2.45) is 0 Å². The number of carbonyl (C=O) groups excluding carboxylic acids is 2. The number of anilines is 1. The standard InChI is InChI=1S/C23H26N2O4/c26-21(10-7-15-24-22(27)17-8-3-1-4-9-17)25-18-11-12-19-20(16-18)29-23(28-19)13-5-2-6-14-23/h1,3-4,8-9,11-12,16H,2,5-7,10,13-15H2,(H,24,27)(H,25,26). The first-order valence-electron chi connectivity index (χ1n) is 10.3. The molecule has 2 aromatic carbocycles. The van der Waals surface area contributed by atoms with Crippen molar-refractivity contribution in [2.75, 3.05) is 11.9 Å². The number of hydrogen-bond donors (Lipinski definition) is 2. The van der Waals surface area contributed by atoms with Crippen molar-refractivity contribution >= 4 is 17.5 Å². The summed E-state index contributed by atoms with van der Waals surface area (Å²) < 4.78 is 12.2. The molecule has 0 atom stereocenters. The highest BCUT2D eigenvalue weighted by molar-refractivity contribution is 5.94. The van der Waals surface area contributed by atoms with Crippen LogP contribution in [0.2, 0.25) is 0 Å². The summed E-state index contributed by atoms with van der Waals surface area (Å²) in [7, 11) is 0. The molecule has 1 aliphatic heterocycles. The summed E-state index contributed by atoms with van der Waals surface area (Å²) in [6, 6.07) is 14.6. The molecule has 29 heavy (non-hydrogen) atoms. The van der Waals surface area contributed by atoms with Crippen molar-refractivity contribution in [2.45, 2.75) is 50.7 Å². The molecule has 1 fully saturated rings. The maximum Gasteiger partial charge on any atom is 0.251 e. The number of benzene rings is 2. The molecule has 152 valence electrons. The Morgan fingerprint density at radius 3 is 2.48 bits per heavy atom. The van der Waals surface area contributed by atoms with Gasteiger partial charge in [-0.2, -0.15) is 0 Å². The average Bonchev–Trinajstić information content (AvgIpc) is 3.08. The maximum absolute atomic E-state index is 12.2. The number of nitrogens with one attached hydrogen (secondary N) is 2. The molecular weight excluding hydrogens is 368 g/mol. The number of rotatable bonds is 6. The summed E-state index contributed by atoms with van der Waals surface area (Å²) in [5.41, 5.74) is 1.31. The fraction of sp³-hybridized carbons (Fsp3) is 0.391. The largest absolute Gasteiger partial charge is 0.448 e. The fourth-order valence-corrected chi connectivity index (χ4v) is 3.83. The van der Waals surface area contributed by atoms with Crippen molar-refractivity contribution < 1.29 is 19.1 Å². The molecule has 6 heteroatoms. The second kappa shape index (κ2) is 8.55. The molecule has 0 unspecified atom stereocenters. The predicted molar refractivity (Wildman–Crippen MR) is 110 cm³/mol. The van der Waals surface area contributed by atoms with E-state index in [4.69, 9.17) is 9.47 Å². The summed E-state index contributed by atoms with van der Waals surface area (Å²) in [5.74, 6) is 0.706. The summed E-state index contributed by atoms with van der Waals surface area (Å²) in [4.78, 5) is 24.2. The monoisotopic (exact) mass is 394 g/mol. The van der Waals surface area contributed by atoms with Crippen LogP contribution in [-0.4, -0.2) is 24.1 Å². The number of fused-ring (bicyclic) bond motifs is 1. The molecular formula is C23H26N2O4. The quantitative estimate of drug-likeness (QED) is 0.718. The van der Waals surface area contributed by atoms with E-state index in [9.17, 15) is 9.59 Å². The van der Waals surface area contributed by atoms with Crippen LogP contribution in [0.3, 0.4) is 0 Å². The van der Waals surface area contributed by atoms with Gasteiger partial charge in [-0.25, -0.2) is 0 Å². The third-order valence-corrected chi connectivity index (χ3v) is 5.34. The van der Waals surface area contributed by atoms with Crippen LogP contribution in [0, 0.1) is 0 Å². The van der Waals surface area contributed by atoms with Crippen molar-refractivity contribution in [1.29, 1.82) is 0 Å². The summed E-state index contributed by atoms with van der Waals surface area (Å²) in [5, 5.41) is 5.73. The zero-order valence-electron chi connectivity index (χ0n) is 16.4. The van der Waals surface area contributed by atoms with Crippen LogP contribution in [0.25, 0.3) is 0 Å². The summed E-state index contributed by atoms with van der Waals surface area (Å²) in [6.07, 6.45) is 6.14. The third-order valence-electron chi connectivity index (χ3n) is 5.34. The zero-order chi connectivity index (χ0) is 20.1. The Morgan fingerprint density at radius 1 is 0.931 bits per heavy atom. The van der Waals surface area contributed by atoms with E-state index < -0.39 is 5.79 Å². The molecule has 0 aromatic heterocycles. The zero-order valence-corrected chi connectivity index (χ0v) is 16.4. The van der Waals surface area contributed by atoms with E-state index >= 15 is 0 Å². The minimum Gasteiger partial charge on any atom is -0.448 e. The highest BCUT2D eigenvalue weighted by Gasteiger charge is 2.42. The third kappa shape index (κ3) is 4.70. The first-order valence-corrected chi connectivity index (χ1v) is 10.3. The first kappa shape index (κ1) is 19.3. The van der Waals surface area contributed by atoms with Gasteiger partial charge in [0.1, 0.15) is 0 Å². The van der Waals surface area contributed by atoms with Crippen molar-refractivity contribution in [3.63, 3.8) is 0 Å². The Hall–Kier alpha value is -3.02. The molecule has 2 aromatic rings.